The van der Waals surface area contributed by atoms with Gasteiger partial charge in [0, 0.05) is 24.8 Å². The average molecular weight is 351 g/mol. The number of hydrogen-bond acceptors (Lipinski definition) is 4. The van der Waals surface area contributed by atoms with Crippen molar-refractivity contribution in [2.75, 3.05) is 13.1 Å². The predicted octanol–water partition coefficient (Wildman–Crippen LogP) is 2.63. The van der Waals surface area contributed by atoms with E-state index in [1.165, 1.54) is 0 Å². The van der Waals surface area contributed by atoms with Crippen molar-refractivity contribution in [1.82, 2.24) is 14.9 Å². The van der Waals surface area contributed by atoms with Crippen LogP contribution in [-0.4, -0.2) is 44.9 Å². The molecule has 1 N–H and O–H groups in total. The molecule has 1 saturated heterocycles. The number of aliphatic carboxylic acids is 1. The first-order valence-corrected chi connectivity index (χ1v) is 8.95. The van der Waals surface area contributed by atoms with Crippen molar-refractivity contribution in [3.8, 4) is 11.4 Å². The smallest absolute Gasteiger partial charge is 0.308 e. The molecule has 0 radical (unpaired) electrons. The molecule has 1 saturated carbocycles. The summed E-state index contributed by atoms with van der Waals surface area (Å²) in [6, 6.07) is 9.61. The number of rotatable bonds is 4. The first-order valence-electron chi connectivity index (χ1n) is 8.95. The second-order valence-electron chi connectivity index (χ2n) is 7.21. The van der Waals surface area contributed by atoms with Gasteiger partial charge in [0.1, 0.15) is 0 Å². The lowest BCUT2D eigenvalue weighted by atomic mass is 9.92. The summed E-state index contributed by atoms with van der Waals surface area (Å²) in [4.78, 5) is 35.0. The maximum atomic E-state index is 12.9. The lowest BCUT2D eigenvalue weighted by Gasteiger charge is -2.17. The highest BCUT2D eigenvalue weighted by Crippen LogP contribution is 2.44. The van der Waals surface area contributed by atoms with Crippen LogP contribution in [0.4, 0.5) is 0 Å². The number of aryl methyl sites for hydroxylation is 1. The van der Waals surface area contributed by atoms with Crippen molar-refractivity contribution >= 4 is 11.9 Å². The third-order valence-corrected chi connectivity index (χ3v) is 5.44. The number of carbonyl (C=O) groups excluding carboxylic acids is 1. The minimum absolute atomic E-state index is 0.0706. The van der Waals surface area contributed by atoms with Crippen LogP contribution in [0.2, 0.25) is 0 Å². The molecule has 0 spiro atoms. The van der Waals surface area contributed by atoms with E-state index in [4.69, 9.17) is 0 Å². The number of aromatic nitrogens is 2. The summed E-state index contributed by atoms with van der Waals surface area (Å²) in [5.74, 6) is -0.328. The van der Waals surface area contributed by atoms with Crippen molar-refractivity contribution in [1.29, 1.82) is 0 Å². The third-order valence-electron chi connectivity index (χ3n) is 5.44. The Balaban J connectivity index is 1.56. The van der Waals surface area contributed by atoms with E-state index in [9.17, 15) is 14.7 Å². The molecular weight excluding hydrogens is 330 g/mol. The van der Waals surface area contributed by atoms with E-state index >= 15 is 0 Å². The molecule has 2 heterocycles. The van der Waals surface area contributed by atoms with Crippen LogP contribution in [0.5, 0.6) is 0 Å². The molecule has 6 nitrogen and oxygen atoms in total. The molecule has 2 atom stereocenters. The fourth-order valence-corrected chi connectivity index (χ4v) is 3.83. The van der Waals surface area contributed by atoms with Gasteiger partial charge in [0.25, 0.3) is 5.91 Å². The first kappa shape index (κ1) is 16.7. The van der Waals surface area contributed by atoms with Gasteiger partial charge in [-0.1, -0.05) is 30.3 Å². The van der Waals surface area contributed by atoms with Gasteiger partial charge in [0.05, 0.1) is 17.2 Å². The van der Waals surface area contributed by atoms with Crippen LogP contribution in [0.1, 0.15) is 28.9 Å². The molecule has 26 heavy (non-hydrogen) atoms. The van der Waals surface area contributed by atoms with Crippen LogP contribution in [0.15, 0.2) is 36.5 Å². The lowest BCUT2D eigenvalue weighted by molar-refractivity contribution is -0.142. The van der Waals surface area contributed by atoms with E-state index in [0.717, 1.165) is 18.4 Å². The third kappa shape index (κ3) is 3.07. The van der Waals surface area contributed by atoms with Gasteiger partial charge >= 0.3 is 5.97 Å². The van der Waals surface area contributed by atoms with Gasteiger partial charge in [-0.05, 0) is 31.6 Å². The van der Waals surface area contributed by atoms with Crippen LogP contribution in [0.25, 0.3) is 11.4 Å². The Morgan fingerprint density at radius 3 is 2.50 bits per heavy atom. The zero-order valence-corrected chi connectivity index (χ0v) is 14.6. The minimum atomic E-state index is -0.801. The van der Waals surface area contributed by atoms with Gasteiger partial charge in [0.15, 0.2) is 5.82 Å². The Bertz CT molecular complexity index is 849. The molecule has 2 fully saturated rings. The fourth-order valence-electron chi connectivity index (χ4n) is 3.83. The van der Waals surface area contributed by atoms with Gasteiger partial charge in [0.2, 0.25) is 0 Å². The van der Waals surface area contributed by atoms with E-state index in [1.54, 1.807) is 18.0 Å². The predicted molar refractivity (Wildman–Crippen MR) is 95.4 cm³/mol. The quantitative estimate of drug-likeness (QED) is 0.915. The number of carboxylic acid groups (broad SMARTS) is 1. The topological polar surface area (TPSA) is 83.4 Å². The Hall–Kier alpha value is -2.76. The van der Waals surface area contributed by atoms with Crippen LogP contribution in [-0.2, 0) is 4.79 Å². The summed E-state index contributed by atoms with van der Waals surface area (Å²) >= 11 is 0. The molecule has 1 aromatic carbocycles. The summed E-state index contributed by atoms with van der Waals surface area (Å²) in [6.45, 7) is 2.58. The molecule has 6 heteroatoms. The Morgan fingerprint density at radius 1 is 1.15 bits per heavy atom. The average Bonchev–Trinajstić information content (AvgIpc) is 3.39. The highest BCUT2D eigenvalue weighted by Gasteiger charge is 2.47. The van der Waals surface area contributed by atoms with Crippen LogP contribution >= 0.6 is 0 Å². The fraction of sp³-hybridized carbons (Fsp3) is 0.400. The second kappa shape index (κ2) is 6.52. The summed E-state index contributed by atoms with van der Waals surface area (Å²) in [6.07, 6.45) is 3.71. The number of nitrogens with zero attached hydrogens (tertiary/aromatic N) is 3. The molecule has 2 aliphatic rings. The van der Waals surface area contributed by atoms with Crippen molar-refractivity contribution in [2.24, 2.45) is 17.8 Å². The van der Waals surface area contributed by atoms with Crippen molar-refractivity contribution in [3.63, 3.8) is 0 Å². The molecule has 0 bridgehead atoms. The maximum absolute atomic E-state index is 12.9. The first-order chi connectivity index (χ1) is 12.5. The highest BCUT2D eigenvalue weighted by molar-refractivity contribution is 5.95. The molecule has 4 rings (SSSR count). The molecule has 2 aromatic rings. The van der Waals surface area contributed by atoms with Crippen LogP contribution in [0, 0.1) is 24.7 Å². The molecule has 1 amide bonds. The standard InChI is InChI=1S/C20H21N3O3/c1-12-15(9-21-18(22-12)14-5-3-2-4-6-14)19(24)23-10-16(13-7-8-13)17(11-23)20(25)26/h2-6,9,13,16-17H,7-8,10-11H2,1H3,(H,25,26)/t16-,17+/m1/s1. The molecule has 1 aromatic heterocycles. The summed E-state index contributed by atoms with van der Waals surface area (Å²) < 4.78 is 0. The second-order valence-corrected chi connectivity index (χ2v) is 7.21. The molecule has 1 aliphatic heterocycles. The van der Waals surface area contributed by atoms with Gasteiger partial charge < -0.3 is 10.0 Å². The zero-order valence-electron chi connectivity index (χ0n) is 14.6. The molecule has 1 aliphatic carbocycles. The Kier molecular flexibility index (Phi) is 4.18. The lowest BCUT2D eigenvalue weighted by Crippen LogP contribution is -2.30. The van der Waals surface area contributed by atoms with E-state index < -0.39 is 11.9 Å². The minimum Gasteiger partial charge on any atom is -0.481 e. The van der Waals surface area contributed by atoms with E-state index in [0.29, 0.717) is 29.5 Å². The number of amides is 1. The van der Waals surface area contributed by atoms with Crippen molar-refractivity contribution in [2.45, 2.75) is 19.8 Å². The van der Waals surface area contributed by atoms with Gasteiger partial charge in [-0.3, -0.25) is 9.59 Å². The SMILES string of the molecule is Cc1nc(-c2ccccc2)ncc1C(=O)N1C[C@H](C(=O)O)[C@@H](C2CC2)C1. The van der Waals surface area contributed by atoms with Crippen LogP contribution < -0.4 is 0 Å². The molecule has 134 valence electrons. The van der Waals surface area contributed by atoms with Crippen LogP contribution in [0.3, 0.4) is 0 Å². The largest absolute Gasteiger partial charge is 0.481 e. The van der Waals surface area contributed by atoms with Crippen molar-refractivity contribution in [3.05, 3.63) is 47.8 Å². The maximum Gasteiger partial charge on any atom is 0.308 e. The van der Waals surface area contributed by atoms with Gasteiger partial charge in [-0.25, -0.2) is 9.97 Å². The number of carboxylic acids is 1. The number of benzene rings is 1. The summed E-state index contributed by atoms with van der Waals surface area (Å²) in [5.41, 5.74) is 1.96. The molecule has 0 unspecified atom stereocenters. The van der Waals surface area contributed by atoms with Crippen molar-refractivity contribution < 1.29 is 14.7 Å². The van der Waals surface area contributed by atoms with Gasteiger partial charge in [-0.15, -0.1) is 0 Å². The summed E-state index contributed by atoms with van der Waals surface area (Å²) in [7, 11) is 0. The monoisotopic (exact) mass is 351 g/mol. The highest BCUT2D eigenvalue weighted by atomic mass is 16.4. The number of hydrogen-bond donors (Lipinski definition) is 1. The number of carbonyl (C=O) groups is 2. The Morgan fingerprint density at radius 2 is 1.88 bits per heavy atom. The Labute approximate surface area is 151 Å². The molecular formula is C20H21N3O3. The summed E-state index contributed by atoms with van der Waals surface area (Å²) in [5, 5.41) is 9.48. The van der Waals surface area contributed by atoms with E-state index in [1.807, 2.05) is 30.3 Å². The normalized spacial score (nSPS) is 22.4. The van der Waals surface area contributed by atoms with E-state index in [-0.39, 0.29) is 18.4 Å². The van der Waals surface area contributed by atoms with Gasteiger partial charge in [-0.2, -0.15) is 0 Å². The van der Waals surface area contributed by atoms with E-state index in [2.05, 4.69) is 9.97 Å². The number of likely N-dealkylation sites (tertiary alicyclic amines) is 1. The zero-order chi connectivity index (χ0) is 18.3.